The van der Waals surface area contributed by atoms with E-state index >= 15 is 0 Å². The Morgan fingerprint density at radius 1 is 1.37 bits per heavy atom. The zero-order valence-electron chi connectivity index (χ0n) is 11.0. The average molecular weight is 262 g/mol. The van der Waals surface area contributed by atoms with Crippen LogP contribution in [0.1, 0.15) is 5.82 Å². The molecule has 2 rings (SSSR count). The van der Waals surface area contributed by atoms with Gasteiger partial charge in [0.2, 0.25) is 0 Å². The first kappa shape index (κ1) is 13.5. The summed E-state index contributed by atoms with van der Waals surface area (Å²) < 4.78 is 5.30. The van der Waals surface area contributed by atoms with E-state index in [-0.39, 0.29) is 0 Å². The molecule has 1 aliphatic heterocycles. The lowest BCUT2D eigenvalue weighted by Gasteiger charge is -2.26. The van der Waals surface area contributed by atoms with Crippen molar-refractivity contribution in [2.45, 2.75) is 6.92 Å². The summed E-state index contributed by atoms with van der Waals surface area (Å²) >= 11 is 0. The van der Waals surface area contributed by atoms with Crippen LogP contribution in [0.25, 0.3) is 0 Å². The summed E-state index contributed by atoms with van der Waals surface area (Å²) in [5.74, 6) is 1.89. The standard InChI is InChI=1S/C12H18N6O/c1-10-16-11(8-12(17-10)15-9-13)14-2-3-18-4-6-19-7-5-18/h8H,2-7H2,1H3,(H2,14,15,16,17). The predicted octanol–water partition coefficient (Wildman–Crippen LogP) is 0.422. The molecule has 0 atom stereocenters. The highest BCUT2D eigenvalue weighted by atomic mass is 16.5. The van der Waals surface area contributed by atoms with Gasteiger partial charge in [0.05, 0.1) is 13.2 Å². The van der Waals surface area contributed by atoms with E-state index in [1.54, 1.807) is 13.0 Å². The SMILES string of the molecule is Cc1nc(NC#N)cc(NCCN2CCOCC2)n1. The highest BCUT2D eigenvalue weighted by Crippen LogP contribution is 2.10. The molecule has 2 heterocycles. The van der Waals surface area contributed by atoms with Crippen molar-refractivity contribution < 1.29 is 4.74 Å². The zero-order valence-corrected chi connectivity index (χ0v) is 11.0. The number of aryl methyl sites for hydroxylation is 1. The van der Waals surface area contributed by atoms with Crippen LogP contribution in [0, 0.1) is 18.4 Å². The lowest BCUT2D eigenvalue weighted by atomic mass is 10.4. The van der Waals surface area contributed by atoms with Gasteiger partial charge in [0.1, 0.15) is 17.5 Å². The third-order valence-corrected chi connectivity index (χ3v) is 2.86. The molecule has 1 saturated heterocycles. The summed E-state index contributed by atoms with van der Waals surface area (Å²) in [5.41, 5.74) is 0. The molecule has 0 aliphatic carbocycles. The molecule has 7 heteroatoms. The summed E-state index contributed by atoms with van der Waals surface area (Å²) in [6.07, 6.45) is 1.86. The van der Waals surface area contributed by atoms with Crippen LogP contribution >= 0.6 is 0 Å². The maximum atomic E-state index is 8.59. The van der Waals surface area contributed by atoms with Gasteiger partial charge in [0, 0.05) is 32.2 Å². The number of morpholine rings is 1. The quantitative estimate of drug-likeness (QED) is 0.587. The lowest BCUT2D eigenvalue weighted by Crippen LogP contribution is -2.39. The van der Waals surface area contributed by atoms with E-state index in [4.69, 9.17) is 10.00 Å². The fraction of sp³-hybridized carbons (Fsp3) is 0.583. The van der Waals surface area contributed by atoms with Crippen molar-refractivity contribution in [3.63, 3.8) is 0 Å². The minimum Gasteiger partial charge on any atom is -0.379 e. The zero-order chi connectivity index (χ0) is 13.5. The van der Waals surface area contributed by atoms with Gasteiger partial charge in [-0.15, -0.1) is 0 Å². The van der Waals surface area contributed by atoms with Gasteiger partial charge in [0.15, 0.2) is 6.19 Å². The second-order valence-electron chi connectivity index (χ2n) is 4.30. The lowest BCUT2D eigenvalue weighted by molar-refractivity contribution is 0.0398. The van der Waals surface area contributed by atoms with Crippen molar-refractivity contribution in [1.29, 1.82) is 5.26 Å². The fourth-order valence-electron chi connectivity index (χ4n) is 1.95. The van der Waals surface area contributed by atoms with Crippen molar-refractivity contribution >= 4 is 11.6 Å². The monoisotopic (exact) mass is 262 g/mol. The number of nitrogens with zero attached hydrogens (tertiary/aromatic N) is 4. The molecular weight excluding hydrogens is 244 g/mol. The van der Waals surface area contributed by atoms with Gasteiger partial charge in [-0.25, -0.2) is 9.97 Å². The van der Waals surface area contributed by atoms with Crippen LogP contribution in [0.3, 0.4) is 0 Å². The van der Waals surface area contributed by atoms with Crippen LogP contribution < -0.4 is 10.6 Å². The van der Waals surface area contributed by atoms with Crippen molar-refractivity contribution in [1.82, 2.24) is 14.9 Å². The molecular formula is C12H18N6O. The molecule has 2 N–H and O–H groups in total. The number of ether oxygens (including phenoxy) is 1. The van der Waals surface area contributed by atoms with E-state index in [1.165, 1.54) is 0 Å². The van der Waals surface area contributed by atoms with E-state index in [9.17, 15) is 0 Å². The number of anilines is 2. The molecule has 1 aliphatic rings. The molecule has 0 radical (unpaired) electrons. The number of hydrogen-bond acceptors (Lipinski definition) is 7. The molecule has 0 bridgehead atoms. The fourth-order valence-corrected chi connectivity index (χ4v) is 1.95. The van der Waals surface area contributed by atoms with E-state index < -0.39 is 0 Å². The van der Waals surface area contributed by atoms with Gasteiger partial charge in [-0.1, -0.05) is 0 Å². The van der Waals surface area contributed by atoms with Gasteiger partial charge in [-0.2, -0.15) is 5.26 Å². The van der Waals surface area contributed by atoms with Crippen LogP contribution in [0.15, 0.2) is 6.07 Å². The number of aromatic nitrogens is 2. The van der Waals surface area contributed by atoms with Gasteiger partial charge in [-0.3, -0.25) is 10.2 Å². The summed E-state index contributed by atoms with van der Waals surface area (Å²) in [4.78, 5) is 10.7. The molecule has 1 fully saturated rings. The predicted molar refractivity (Wildman–Crippen MR) is 71.8 cm³/mol. The Morgan fingerprint density at radius 2 is 2.11 bits per heavy atom. The van der Waals surface area contributed by atoms with Crippen molar-refractivity contribution in [2.24, 2.45) is 0 Å². The van der Waals surface area contributed by atoms with Crippen LogP contribution in [0.5, 0.6) is 0 Å². The van der Waals surface area contributed by atoms with Crippen LogP contribution in [-0.4, -0.2) is 54.3 Å². The normalized spacial score (nSPS) is 15.8. The number of hydrogen-bond donors (Lipinski definition) is 2. The van der Waals surface area contributed by atoms with Crippen LogP contribution in [0.2, 0.25) is 0 Å². The van der Waals surface area contributed by atoms with E-state index in [2.05, 4.69) is 25.5 Å². The topological polar surface area (TPSA) is 86.1 Å². The summed E-state index contributed by atoms with van der Waals surface area (Å²) in [5, 5.41) is 14.4. The maximum absolute atomic E-state index is 8.59. The average Bonchev–Trinajstić information content (AvgIpc) is 2.40. The van der Waals surface area contributed by atoms with Crippen LogP contribution in [-0.2, 0) is 4.74 Å². The Kier molecular flexibility index (Phi) is 4.89. The minimum absolute atomic E-state index is 0.517. The van der Waals surface area contributed by atoms with Crippen molar-refractivity contribution in [3.05, 3.63) is 11.9 Å². The maximum Gasteiger partial charge on any atom is 0.182 e. The first-order valence-electron chi connectivity index (χ1n) is 6.32. The number of rotatable bonds is 5. The second kappa shape index (κ2) is 6.87. The number of nitriles is 1. The third-order valence-electron chi connectivity index (χ3n) is 2.86. The van der Waals surface area contributed by atoms with E-state index in [0.717, 1.165) is 45.2 Å². The number of nitrogens with one attached hydrogen (secondary N) is 2. The summed E-state index contributed by atoms with van der Waals surface area (Å²) in [6.45, 7) is 7.13. The molecule has 1 aromatic rings. The Labute approximate surface area is 112 Å². The molecule has 0 spiro atoms. The molecule has 0 amide bonds. The Morgan fingerprint density at radius 3 is 2.84 bits per heavy atom. The first-order valence-corrected chi connectivity index (χ1v) is 6.32. The van der Waals surface area contributed by atoms with E-state index in [1.807, 2.05) is 6.19 Å². The minimum atomic E-state index is 0.517. The Hall–Kier alpha value is -1.91. The molecule has 0 unspecified atom stereocenters. The molecule has 1 aromatic heterocycles. The summed E-state index contributed by atoms with van der Waals surface area (Å²) in [6, 6.07) is 1.73. The largest absolute Gasteiger partial charge is 0.379 e. The van der Waals surface area contributed by atoms with Gasteiger partial charge in [0.25, 0.3) is 0 Å². The Bertz CT molecular complexity index is 452. The van der Waals surface area contributed by atoms with E-state index in [0.29, 0.717) is 11.6 Å². The van der Waals surface area contributed by atoms with Gasteiger partial charge in [-0.05, 0) is 6.92 Å². The molecule has 19 heavy (non-hydrogen) atoms. The second-order valence-corrected chi connectivity index (χ2v) is 4.30. The molecule has 0 saturated carbocycles. The van der Waals surface area contributed by atoms with Crippen molar-refractivity contribution in [3.8, 4) is 6.19 Å². The third kappa shape index (κ3) is 4.35. The summed E-state index contributed by atoms with van der Waals surface area (Å²) in [7, 11) is 0. The molecule has 0 aromatic carbocycles. The highest BCUT2D eigenvalue weighted by molar-refractivity contribution is 5.49. The van der Waals surface area contributed by atoms with Gasteiger partial charge < -0.3 is 10.1 Å². The smallest absolute Gasteiger partial charge is 0.182 e. The van der Waals surface area contributed by atoms with Gasteiger partial charge >= 0.3 is 0 Å². The molecule has 7 nitrogen and oxygen atoms in total. The first-order chi connectivity index (χ1) is 9.28. The Balaban J connectivity index is 1.83. The van der Waals surface area contributed by atoms with Crippen molar-refractivity contribution in [2.75, 3.05) is 50.0 Å². The highest BCUT2D eigenvalue weighted by Gasteiger charge is 2.09. The molecule has 102 valence electrons. The van der Waals surface area contributed by atoms with Crippen LogP contribution in [0.4, 0.5) is 11.6 Å².